The predicted octanol–water partition coefficient (Wildman–Crippen LogP) is 4.95. The molecule has 158 valence electrons. The van der Waals surface area contributed by atoms with Crippen LogP contribution in [0.1, 0.15) is 37.0 Å². The van der Waals surface area contributed by atoms with Crippen LogP contribution < -0.4 is 9.54 Å². The van der Waals surface area contributed by atoms with Gasteiger partial charge >= 0.3 is 5.97 Å². The van der Waals surface area contributed by atoms with Gasteiger partial charge in [0.05, 0.1) is 23.4 Å². The van der Waals surface area contributed by atoms with E-state index >= 15 is 0 Å². The van der Waals surface area contributed by atoms with E-state index in [1.54, 1.807) is 29.7 Å². The van der Waals surface area contributed by atoms with Crippen LogP contribution in [0, 0.1) is 0 Å². The fourth-order valence-electron chi connectivity index (χ4n) is 2.83. The van der Waals surface area contributed by atoms with Gasteiger partial charge in [-0.05, 0) is 49.7 Å². The number of thiazole rings is 1. The van der Waals surface area contributed by atoms with E-state index in [9.17, 15) is 9.59 Å². The summed E-state index contributed by atoms with van der Waals surface area (Å²) in [6.07, 6.45) is 1.99. The molecule has 0 aliphatic heterocycles. The van der Waals surface area contributed by atoms with Gasteiger partial charge in [0.1, 0.15) is 12.3 Å². The lowest BCUT2D eigenvalue weighted by molar-refractivity contribution is -0.143. The van der Waals surface area contributed by atoms with Gasteiger partial charge in [-0.2, -0.15) is 4.99 Å². The third-order valence-electron chi connectivity index (χ3n) is 4.28. The zero-order valence-corrected chi connectivity index (χ0v) is 19.3. The first-order valence-electron chi connectivity index (χ1n) is 9.78. The summed E-state index contributed by atoms with van der Waals surface area (Å²) in [5.74, 6) is -0.122. The first-order chi connectivity index (χ1) is 14.5. The second kappa shape index (κ2) is 10.5. The van der Waals surface area contributed by atoms with Crippen LogP contribution in [0.3, 0.4) is 0 Å². The lowest BCUT2D eigenvalue weighted by Crippen LogP contribution is -2.23. The standard InChI is InChI=1S/C22H23BrN2O4S/c1-3-5-11-29-17-8-6-7-15(12-17)21(27)24-22-25(14-20(26)28-4-2)18-10-9-16(23)13-19(18)30-22/h6-10,12-13H,3-5,11,14H2,1-2H3. The summed E-state index contributed by atoms with van der Waals surface area (Å²) in [6.45, 7) is 4.74. The van der Waals surface area contributed by atoms with Crippen molar-refractivity contribution in [1.29, 1.82) is 0 Å². The van der Waals surface area contributed by atoms with Gasteiger partial charge in [-0.3, -0.25) is 9.59 Å². The van der Waals surface area contributed by atoms with E-state index in [1.165, 1.54) is 11.3 Å². The number of benzene rings is 2. The van der Waals surface area contributed by atoms with Crippen LogP contribution in [0.2, 0.25) is 0 Å². The van der Waals surface area contributed by atoms with Gasteiger partial charge in [-0.25, -0.2) is 0 Å². The highest BCUT2D eigenvalue weighted by Crippen LogP contribution is 2.22. The lowest BCUT2D eigenvalue weighted by atomic mass is 10.2. The number of esters is 1. The van der Waals surface area contributed by atoms with Crippen LogP contribution in [0.25, 0.3) is 10.2 Å². The highest BCUT2D eigenvalue weighted by atomic mass is 79.9. The molecule has 30 heavy (non-hydrogen) atoms. The van der Waals surface area contributed by atoms with Gasteiger partial charge in [0.2, 0.25) is 0 Å². The van der Waals surface area contributed by atoms with E-state index in [2.05, 4.69) is 27.8 Å². The molecule has 0 bridgehead atoms. The zero-order chi connectivity index (χ0) is 21.5. The number of halogens is 1. The topological polar surface area (TPSA) is 69.9 Å². The number of hydrogen-bond donors (Lipinski definition) is 0. The van der Waals surface area contributed by atoms with Crippen molar-refractivity contribution in [2.24, 2.45) is 4.99 Å². The molecule has 1 amide bonds. The number of fused-ring (bicyclic) bond motifs is 1. The van der Waals surface area contributed by atoms with E-state index in [0.717, 1.165) is 27.5 Å². The number of hydrogen-bond acceptors (Lipinski definition) is 5. The van der Waals surface area contributed by atoms with Crippen molar-refractivity contribution >= 4 is 49.4 Å². The fraction of sp³-hybridized carbons (Fsp3) is 0.318. The summed E-state index contributed by atoms with van der Waals surface area (Å²) < 4.78 is 14.3. The normalized spacial score (nSPS) is 11.6. The molecule has 0 unspecified atom stereocenters. The largest absolute Gasteiger partial charge is 0.494 e. The third kappa shape index (κ3) is 5.58. The van der Waals surface area contributed by atoms with Crippen molar-refractivity contribution in [1.82, 2.24) is 4.57 Å². The summed E-state index contributed by atoms with van der Waals surface area (Å²) in [6, 6.07) is 12.7. The van der Waals surface area contributed by atoms with Crippen molar-refractivity contribution < 1.29 is 19.1 Å². The van der Waals surface area contributed by atoms with Crippen molar-refractivity contribution in [2.75, 3.05) is 13.2 Å². The summed E-state index contributed by atoms with van der Waals surface area (Å²) in [7, 11) is 0. The summed E-state index contributed by atoms with van der Waals surface area (Å²) in [5.41, 5.74) is 1.25. The second-order valence-electron chi connectivity index (χ2n) is 6.53. The minimum absolute atomic E-state index is 0.0121. The molecule has 1 aromatic heterocycles. The quantitative estimate of drug-likeness (QED) is 0.330. The molecule has 8 heteroatoms. The number of carbonyl (C=O) groups excluding carboxylic acids is 2. The van der Waals surface area contributed by atoms with Crippen LogP contribution in [0.15, 0.2) is 51.9 Å². The number of nitrogens with zero attached hydrogens (tertiary/aromatic N) is 2. The molecule has 3 rings (SSSR count). The summed E-state index contributed by atoms with van der Waals surface area (Å²) in [5, 5.41) is 0. The Balaban J connectivity index is 1.97. The van der Waals surface area contributed by atoms with Gasteiger partial charge in [0.25, 0.3) is 5.91 Å². The van der Waals surface area contributed by atoms with Crippen molar-refractivity contribution in [3.8, 4) is 5.75 Å². The van der Waals surface area contributed by atoms with Crippen LogP contribution >= 0.6 is 27.3 Å². The van der Waals surface area contributed by atoms with E-state index in [4.69, 9.17) is 9.47 Å². The molecule has 2 aromatic carbocycles. The second-order valence-corrected chi connectivity index (χ2v) is 8.46. The third-order valence-corrected chi connectivity index (χ3v) is 5.82. The maximum absolute atomic E-state index is 12.8. The Morgan fingerprint density at radius 2 is 2.00 bits per heavy atom. The maximum Gasteiger partial charge on any atom is 0.326 e. The molecule has 0 aliphatic carbocycles. The van der Waals surface area contributed by atoms with Crippen molar-refractivity contribution in [2.45, 2.75) is 33.2 Å². The minimum Gasteiger partial charge on any atom is -0.494 e. The highest BCUT2D eigenvalue weighted by molar-refractivity contribution is 9.10. The van der Waals surface area contributed by atoms with Crippen molar-refractivity contribution in [3.05, 3.63) is 57.3 Å². The maximum atomic E-state index is 12.8. The molecule has 0 N–H and O–H groups in total. The Bertz CT molecular complexity index is 1120. The Hall–Kier alpha value is -2.45. The number of aromatic nitrogens is 1. The van der Waals surface area contributed by atoms with Gasteiger partial charge in [-0.15, -0.1) is 0 Å². The molecular weight excluding hydrogens is 468 g/mol. The summed E-state index contributed by atoms with van der Waals surface area (Å²) in [4.78, 5) is 29.7. The van der Waals surface area contributed by atoms with E-state index < -0.39 is 0 Å². The number of unbranched alkanes of at least 4 members (excludes halogenated alkanes) is 1. The Morgan fingerprint density at radius 3 is 2.77 bits per heavy atom. The monoisotopic (exact) mass is 490 g/mol. The number of carbonyl (C=O) groups is 2. The Labute approximate surface area is 187 Å². The minimum atomic E-state index is -0.390. The van der Waals surface area contributed by atoms with Crippen LogP contribution in [0.5, 0.6) is 5.75 Å². The van der Waals surface area contributed by atoms with Crippen LogP contribution in [-0.2, 0) is 16.1 Å². The molecule has 0 fully saturated rings. The Kier molecular flexibility index (Phi) is 7.81. The SMILES string of the molecule is CCCCOc1cccc(C(=O)N=c2sc3cc(Br)ccc3n2CC(=O)OCC)c1. The zero-order valence-electron chi connectivity index (χ0n) is 16.9. The molecule has 0 aliphatic rings. The van der Waals surface area contributed by atoms with Gasteiger partial charge in [0.15, 0.2) is 4.80 Å². The molecular formula is C22H23BrN2O4S. The molecule has 6 nitrogen and oxygen atoms in total. The number of amides is 1. The van der Waals surface area contributed by atoms with Crippen molar-refractivity contribution in [3.63, 3.8) is 0 Å². The molecule has 0 spiro atoms. The average molecular weight is 491 g/mol. The predicted molar refractivity (Wildman–Crippen MR) is 121 cm³/mol. The van der Waals surface area contributed by atoms with E-state index in [0.29, 0.717) is 29.3 Å². The van der Waals surface area contributed by atoms with E-state index in [-0.39, 0.29) is 18.4 Å². The molecule has 0 saturated heterocycles. The fourth-order valence-corrected chi connectivity index (χ4v) is 4.41. The van der Waals surface area contributed by atoms with Gasteiger partial charge in [0, 0.05) is 10.0 Å². The first-order valence-corrected chi connectivity index (χ1v) is 11.4. The molecule has 3 aromatic rings. The van der Waals surface area contributed by atoms with E-state index in [1.807, 2.05) is 24.3 Å². The van der Waals surface area contributed by atoms with Gasteiger partial charge < -0.3 is 14.0 Å². The smallest absolute Gasteiger partial charge is 0.326 e. The molecule has 1 heterocycles. The molecule has 0 saturated carbocycles. The number of ether oxygens (including phenoxy) is 2. The lowest BCUT2D eigenvalue weighted by Gasteiger charge is -2.06. The molecule has 0 atom stereocenters. The van der Waals surface area contributed by atoms with Crippen LogP contribution in [0.4, 0.5) is 0 Å². The summed E-state index contributed by atoms with van der Waals surface area (Å²) >= 11 is 4.81. The Morgan fingerprint density at radius 1 is 1.17 bits per heavy atom. The number of rotatable bonds is 8. The van der Waals surface area contributed by atoms with Crippen LogP contribution in [-0.4, -0.2) is 29.7 Å². The average Bonchev–Trinajstić information content (AvgIpc) is 3.04. The highest BCUT2D eigenvalue weighted by Gasteiger charge is 2.13. The van der Waals surface area contributed by atoms with Gasteiger partial charge in [-0.1, -0.05) is 46.7 Å². The first kappa shape index (κ1) is 22.2. The molecule has 0 radical (unpaired) electrons.